The summed E-state index contributed by atoms with van der Waals surface area (Å²) in [5, 5.41) is 22.2. The summed E-state index contributed by atoms with van der Waals surface area (Å²) in [5.41, 5.74) is 4.31. The van der Waals surface area contributed by atoms with Crippen LogP contribution in [0.5, 0.6) is 5.75 Å². The quantitative estimate of drug-likeness (QED) is 0.338. The van der Waals surface area contributed by atoms with Crippen LogP contribution in [0.25, 0.3) is 32.6 Å². The van der Waals surface area contributed by atoms with E-state index >= 15 is 0 Å². The normalized spacial score (nSPS) is 17.4. The van der Waals surface area contributed by atoms with Crippen molar-refractivity contribution in [3.05, 3.63) is 42.9 Å². The zero-order chi connectivity index (χ0) is 23.4. The Bertz CT molecular complexity index is 1280. The minimum absolute atomic E-state index is 0. The van der Waals surface area contributed by atoms with Gasteiger partial charge in [-0.05, 0) is 64.3 Å². The molecule has 4 heterocycles. The molecule has 1 aromatic carbocycles. The summed E-state index contributed by atoms with van der Waals surface area (Å²) >= 11 is 1.68. The molecule has 0 unspecified atom stereocenters. The highest BCUT2D eigenvalue weighted by Crippen LogP contribution is 2.38. The molecule has 9 heteroatoms. The lowest BCUT2D eigenvalue weighted by molar-refractivity contribution is 0.161. The van der Waals surface area contributed by atoms with Crippen LogP contribution in [0.4, 0.5) is 5.13 Å². The number of pyridine rings is 1. The number of phenols is 1. The van der Waals surface area contributed by atoms with Crippen LogP contribution in [-0.2, 0) is 0 Å². The molecule has 0 saturated carbocycles. The molecule has 1 fully saturated rings. The predicted molar refractivity (Wildman–Crippen MR) is 142 cm³/mol. The topological polar surface area (TPSA) is 90.0 Å². The maximum absolute atomic E-state index is 10.7. The van der Waals surface area contributed by atoms with Crippen LogP contribution in [0.3, 0.4) is 0 Å². The molecule has 180 valence electrons. The molecule has 4 aromatic rings. The molecule has 3 aromatic heterocycles. The Labute approximate surface area is 210 Å². The number of fused-ring (bicyclic) bond motifs is 1. The summed E-state index contributed by atoms with van der Waals surface area (Å²) in [7, 11) is 2.15. The minimum Gasteiger partial charge on any atom is -0.507 e. The van der Waals surface area contributed by atoms with Gasteiger partial charge in [-0.25, -0.2) is 4.98 Å². The molecule has 0 radical (unpaired) electrons. The highest BCUT2D eigenvalue weighted by Gasteiger charge is 2.39. The Kier molecular flexibility index (Phi) is 6.35. The van der Waals surface area contributed by atoms with E-state index in [-0.39, 0.29) is 29.2 Å². The number of anilines is 1. The van der Waals surface area contributed by atoms with Crippen LogP contribution in [-0.4, -0.2) is 49.4 Å². The number of phenolic OH excluding ortho intramolecular Hbond substituents is 1. The third kappa shape index (κ3) is 4.76. The van der Waals surface area contributed by atoms with Gasteiger partial charge in [-0.1, -0.05) is 17.4 Å². The molecule has 5 rings (SSSR count). The highest BCUT2D eigenvalue weighted by atomic mass is 35.5. The van der Waals surface area contributed by atoms with Gasteiger partial charge in [0.2, 0.25) is 0 Å². The van der Waals surface area contributed by atoms with Gasteiger partial charge in [0.25, 0.3) is 0 Å². The van der Waals surface area contributed by atoms with Crippen molar-refractivity contribution in [2.45, 2.75) is 57.7 Å². The molecule has 1 aliphatic heterocycles. The number of hydrogen-bond acceptors (Lipinski definition) is 7. The molecule has 3 N–H and O–H groups in total. The number of piperidine rings is 1. The molecule has 0 aliphatic carbocycles. The first kappa shape index (κ1) is 24.4. The third-order valence-electron chi connectivity index (χ3n) is 6.39. The molecular formula is C25H31ClN6OS. The van der Waals surface area contributed by atoms with E-state index in [1.54, 1.807) is 36.0 Å². The van der Waals surface area contributed by atoms with Gasteiger partial charge in [0, 0.05) is 41.5 Å². The van der Waals surface area contributed by atoms with E-state index in [9.17, 15) is 5.11 Å². The molecule has 1 saturated heterocycles. The van der Waals surface area contributed by atoms with Gasteiger partial charge in [0.15, 0.2) is 5.13 Å². The van der Waals surface area contributed by atoms with Crippen LogP contribution in [0.15, 0.2) is 42.9 Å². The lowest BCUT2D eigenvalue weighted by Crippen LogP contribution is -2.61. The van der Waals surface area contributed by atoms with Crippen LogP contribution in [0, 0.1) is 0 Å². The van der Waals surface area contributed by atoms with Crippen molar-refractivity contribution in [2.75, 3.05) is 11.9 Å². The molecule has 0 amide bonds. The number of hydrogen-bond donors (Lipinski definition) is 3. The third-order valence-corrected chi connectivity index (χ3v) is 7.50. The average Bonchev–Trinajstić information content (AvgIpc) is 3.40. The average molecular weight is 499 g/mol. The lowest BCUT2D eigenvalue weighted by atomic mass is 9.79. The zero-order valence-electron chi connectivity index (χ0n) is 20.1. The molecule has 0 bridgehead atoms. The summed E-state index contributed by atoms with van der Waals surface area (Å²) < 4.78 is 1.06. The van der Waals surface area contributed by atoms with Gasteiger partial charge in [-0.2, -0.15) is 5.10 Å². The number of rotatable bonds is 4. The van der Waals surface area contributed by atoms with Gasteiger partial charge < -0.3 is 15.3 Å². The molecule has 7 nitrogen and oxygen atoms in total. The fourth-order valence-corrected chi connectivity index (χ4v) is 6.16. The molecular weight excluding hydrogens is 468 g/mol. The number of aromatic amines is 1. The van der Waals surface area contributed by atoms with Crippen molar-refractivity contribution in [2.24, 2.45) is 0 Å². The summed E-state index contributed by atoms with van der Waals surface area (Å²) in [6.07, 6.45) is 7.46. The first-order chi connectivity index (χ1) is 15.6. The Balaban J connectivity index is 0.00000274. The number of aromatic nitrogens is 4. The van der Waals surface area contributed by atoms with E-state index in [1.807, 2.05) is 18.2 Å². The second-order valence-corrected chi connectivity index (χ2v) is 11.3. The summed E-state index contributed by atoms with van der Waals surface area (Å²) in [4.78, 5) is 11.8. The summed E-state index contributed by atoms with van der Waals surface area (Å²) in [6.45, 7) is 9.09. The van der Waals surface area contributed by atoms with Crippen molar-refractivity contribution >= 4 is 39.1 Å². The van der Waals surface area contributed by atoms with Gasteiger partial charge >= 0.3 is 0 Å². The van der Waals surface area contributed by atoms with Gasteiger partial charge in [-0.15, -0.1) is 12.4 Å². The molecule has 1 aliphatic rings. The second kappa shape index (κ2) is 8.83. The van der Waals surface area contributed by atoms with E-state index in [4.69, 9.17) is 4.98 Å². The number of nitrogens with zero attached hydrogens (tertiary/aromatic N) is 4. The number of halogens is 1. The van der Waals surface area contributed by atoms with Gasteiger partial charge in [0.05, 0.1) is 22.8 Å². The van der Waals surface area contributed by atoms with Crippen molar-refractivity contribution in [3.63, 3.8) is 0 Å². The number of thiazole rings is 1. The minimum atomic E-state index is 0. The summed E-state index contributed by atoms with van der Waals surface area (Å²) in [5.74, 6) is 0.196. The van der Waals surface area contributed by atoms with Gasteiger partial charge in [0.1, 0.15) is 11.3 Å². The maximum Gasteiger partial charge on any atom is 0.186 e. The fraction of sp³-hybridized carbons (Fsp3) is 0.400. The smallest absolute Gasteiger partial charge is 0.186 e. The Hall–Kier alpha value is -2.68. The van der Waals surface area contributed by atoms with E-state index < -0.39 is 0 Å². The van der Waals surface area contributed by atoms with E-state index in [0.29, 0.717) is 11.6 Å². The van der Waals surface area contributed by atoms with E-state index in [2.05, 4.69) is 60.1 Å². The molecule has 34 heavy (non-hydrogen) atoms. The van der Waals surface area contributed by atoms with Gasteiger partial charge in [-0.3, -0.25) is 10.1 Å². The Morgan fingerprint density at radius 3 is 2.44 bits per heavy atom. The largest absolute Gasteiger partial charge is 0.507 e. The molecule has 0 atom stereocenters. The first-order valence-electron chi connectivity index (χ1n) is 11.2. The van der Waals surface area contributed by atoms with Crippen LogP contribution in [0.2, 0.25) is 0 Å². The van der Waals surface area contributed by atoms with E-state index in [0.717, 1.165) is 45.0 Å². The number of nitrogens with one attached hydrogen (secondary N) is 2. The van der Waals surface area contributed by atoms with Crippen molar-refractivity contribution in [1.82, 2.24) is 25.5 Å². The van der Waals surface area contributed by atoms with Crippen LogP contribution >= 0.6 is 23.7 Å². The lowest BCUT2D eigenvalue weighted by Gasteiger charge is -2.48. The number of benzene rings is 1. The Morgan fingerprint density at radius 2 is 1.79 bits per heavy atom. The van der Waals surface area contributed by atoms with Crippen molar-refractivity contribution in [3.8, 4) is 28.1 Å². The molecule has 0 spiro atoms. The number of H-pyrrole nitrogens is 1. The highest BCUT2D eigenvalue weighted by molar-refractivity contribution is 7.22. The first-order valence-corrected chi connectivity index (χ1v) is 12.0. The van der Waals surface area contributed by atoms with Crippen LogP contribution < -0.4 is 10.2 Å². The second-order valence-electron chi connectivity index (χ2n) is 10.3. The standard InChI is InChI=1S/C25H30N6OS.ClH/c1-24(2)10-17(11-25(3,4)30-24)31(5)23-29-20-14-26-19(9-22(20)33-23)18-7-6-15(8-21(18)32)16-12-27-28-13-16;/h6-9,12-14,17,30,32H,10-11H2,1-5H3,(H,27,28);1H. The monoisotopic (exact) mass is 498 g/mol. The Morgan fingerprint density at radius 1 is 1.06 bits per heavy atom. The SMILES string of the molecule is CN(c1nc2cnc(-c3ccc(-c4cn[nH]c4)cc3O)cc2s1)C1CC(C)(C)NC(C)(C)C1.Cl. The summed E-state index contributed by atoms with van der Waals surface area (Å²) in [6, 6.07) is 8.05. The predicted octanol–water partition coefficient (Wildman–Crippen LogP) is 5.62. The van der Waals surface area contributed by atoms with E-state index in [1.165, 1.54) is 0 Å². The zero-order valence-corrected chi connectivity index (χ0v) is 21.7. The number of aromatic hydroxyl groups is 1. The van der Waals surface area contributed by atoms with Crippen molar-refractivity contribution in [1.29, 1.82) is 0 Å². The van der Waals surface area contributed by atoms with Crippen molar-refractivity contribution < 1.29 is 5.11 Å². The fourth-order valence-electron chi connectivity index (χ4n) is 5.15. The maximum atomic E-state index is 10.7. The van der Waals surface area contributed by atoms with Crippen LogP contribution in [0.1, 0.15) is 40.5 Å².